The summed E-state index contributed by atoms with van der Waals surface area (Å²) in [7, 11) is 7.88. The number of aliphatic hydroxyl groups is 1. The first-order valence-electron chi connectivity index (χ1n) is 6.72. The zero-order valence-electron chi connectivity index (χ0n) is 12.3. The third kappa shape index (κ3) is 3.08. The molecule has 0 aromatic heterocycles. The zero-order chi connectivity index (χ0) is 14.0. The quantitative estimate of drug-likeness (QED) is 0.865. The second-order valence-corrected chi connectivity index (χ2v) is 5.56. The molecule has 0 saturated carbocycles. The number of methoxy groups -OCH3 is 1. The van der Waals surface area contributed by atoms with E-state index in [1.54, 1.807) is 7.11 Å². The molecule has 0 saturated heterocycles. The Morgan fingerprint density at radius 3 is 2.63 bits per heavy atom. The van der Waals surface area contributed by atoms with Gasteiger partial charge < -0.3 is 14.7 Å². The molecule has 0 aliphatic heterocycles. The number of hydrogen-bond acceptors (Lipinski definition) is 4. The van der Waals surface area contributed by atoms with Crippen LogP contribution in [0.1, 0.15) is 17.2 Å². The number of fused-ring (bicyclic) bond motifs is 1. The van der Waals surface area contributed by atoms with Crippen LogP contribution in [0.15, 0.2) is 18.2 Å². The molecule has 2 rings (SSSR count). The highest BCUT2D eigenvalue weighted by molar-refractivity contribution is 5.41. The van der Waals surface area contributed by atoms with E-state index in [2.05, 4.69) is 37.0 Å². The van der Waals surface area contributed by atoms with Gasteiger partial charge in [0.05, 0.1) is 13.2 Å². The largest absolute Gasteiger partial charge is 0.497 e. The minimum absolute atomic E-state index is 0.169. The van der Waals surface area contributed by atoms with Crippen LogP contribution in [0, 0.1) is 0 Å². The van der Waals surface area contributed by atoms with Crippen molar-refractivity contribution in [2.75, 3.05) is 41.3 Å². The van der Waals surface area contributed by atoms with Gasteiger partial charge in [0.2, 0.25) is 0 Å². The molecule has 2 unspecified atom stereocenters. The Kier molecular flexibility index (Phi) is 4.45. The molecule has 1 N–H and O–H groups in total. The van der Waals surface area contributed by atoms with Crippen molar-refractivity contribution in [3.63, 3.8) is 0 Å². The standard InChI is InChI=1S/C15H24N2O2/c1-16(2)7-8-17(3)14-9-11-5-6-12(19-4)10-13(11)15(14)18/h5-6,10,14-15,18H,7-9H2,1-4H3. The van der Waals surface area contributed by atoms with Crippen molar-refractivity contribution in [3.8, 4) is 5.75 Å². The lowest BCUT2D eigenvalue weighted by Crippen LogP contribution is -2.39. The van der Waals surface area contributed by atoms with E-state index in [-0.39, 0.29) is 6.04 Å². The van der Waals surface area contributed by atoms with Crippen molar-refractivity contribution in [3.05, 3.63) is 29.3 Å². The van der Waals surface area contributed by atoms with Gasteiger partial charge in [0.1, 0.15) is 5.75 Å². The van der Waals surface area contributed by atoms with Crippen LogP contribution in [0.3, 0.4) is 0 Å². The van der Waals surface area contributed by atoms with E-state index < -0.39 is 6.10 Å². The van der Waals surface area contributed by atoms with Crippen LogP contribution in [0.2, 0.25) is 0 Å². The predicted octanol–water partition coefficient (Wildman–Crippen LogP) is 1.15. The number of benzene rings is 1. The van der Waals surface area contributed by atoms with Gasteiger partial charge in [-0.05, 0) is 50.8 Å². The second kappa shape index (κ2) is 5.90. The summed E-state index contributed by atoms with van der Waals surface area (Å²) < 4.78 is 5.23. The van der Waals surface area contributed by atoms with Crippen molar-refractivity contribution in [1.29, 1.82) is 0 Å². The SMILES string of the molecule is COc1ccc2c(c1)C(O)C(N(C)CCN(C)C)C2. The van der Waals surface area contributed by atoms with E-state index in [1.807, 2.05) is 12.1 Å². The average molecular weight is 264 g/mol. The molecule has 0 spiro atoms. The highest BCUT2D eigenvalue weighted by Gasteiger charge is 2.33. The molecule has 19 heavy (non-hydrogen) atoms. The van der Waals surface area contributed by atoms with Gasteiger partial charge in [-0.25, -0.2) is 0 Å². The van der Waals surface area contributed by atoms with Crippen LogP contribution >= 0.6 is 0 Å². The molecule has 2 atom stereocenters. The van der Waals surface area contributed by atoms with Gasteiger partial charge in [0, 0.05) is 19.1 Å². The normalized spacial score (nSPS) is 22.1. The molecule has 0 radical (unpaired) electrons. The van der Waals surface area contributed by atoms with Crippen molar-refractivity contribution in [1.82, 2.24) is 9.80 Å². The summed E-state index contributed by atoms with van der Waals surface area (Å²) in [6.07, 6.45) is 0.488. The first kappa shape index (κ1) is 14.3. The molecule has 4 nitrogen and oxygen atoms in total. The second-order valence-electron chi connectivity index (χ2n) is 5.56. The maximum atomic E-state index is 10.5. The number of nitrogens with zero attached hydrogens (tertiary/aromatic N) is 2. The van der Waals surface area contributed by atoms with E-state index in [0.29, 0.717) is 0 Å². The van der Waals surface area contributed by atoms with E-state index in [1.165, 1.54) is 5.56 Å². The Morgan fingerprint density at radius 1 is 1.26 bits per heavy atom. The summed E-state index contributed by atoms with van der Waals surface area (Å²) in [6, 6.07) is 6.16. The molecule has 0 fully saturated rings. The lowest BCUT2D eigenvalue weighted by molar-refractivity contribution is 0.0725. The summed E-state index contributed by atoms with van der Waals surface area (Å²) >= 11 is 0. The Morgan fingerprint density at radius 2 is 2.00 bits per heavy atom. The maximum absolute atomic E-state index is 10.5. The first-order chi connectivity index (χ1) is 9.02. The molecule has 1 aliphatic carbocycles. The first-order valence-corrected chi connectivity index (χ1v) is 6.72. The minimum atomic E-state index is -0.419. The van der Waals surface area contributed by atoms with Crippen LogP contribution in [0.25, 0.3) is 0 Å². The van der Waals surface area contributed by atoms with Crippen LogP contribution < -0.4 is 4.74 Å². The molecule has 1 aromatic rings. The van der Waals surface area contributed by atoms with Crippen molar-refractivity contribution in [2.45, 2.75) is 18.6 Å². The third-order valence-corrected chi connectivity index (χ3v) is 3.93. The Labute approximate surface area is 115 Å². The van der Waals surface area contributed by atoms with E-state index in [4.69, 9.17) is 4.74 Å². The van der Waals surface area contributed by atoms with Gasteiger partial charge in [-0.1, -0.05) is 6.07 Å². The fourth-order valence-electron chi connectivity index (χ4n) is 2.63. The van der Waals surface area contributed by atoms with Crippen LogP contribution in [0.4, 0.5) is 0 Å². The highest BCUT2D eigenvalue weighted by atomic mass is 16.5. The Balaban J connectivity index is 2.07. The van der Waals surface area contributed by atoms with E-state index in [9.17, 15) is 5.11 Å². The summed E-state index contributed by atoms with van der Waals surface area (Å²) in [5, 5.41) is 10.5. The van der Waals surface area contributed by atoms with Crippen LogP contribution in [-0.4, -0.2) is 62.3 Å². The van der Waals surface area contributed by atoms with E-state index in [0.717, 1.165) is 30.8 Å². The van der Waals surface area contributed by atoms with Crippen LogP contribution in [-0.2, 0) is 6.42 Å². The van der Waals surface area contributed by atoms with Gasteiger partial charge >= 0.3 is 0 Å². The monoisotopic (exact) mass is 264 g/mol. The minimum Gasteiger partial charge on any atom is -0.497 e. The van der Waals surface area contributed by atoms with E-state index >= 15 is 0 Å². The molecular weight excluding hydrogens is 240 g/mol. The Hall–Kier alpha value is -1.10. The third-order valence-electron chi connectivity index (χ3n) is 3.93. The molecule has 0 bridgehead atoms. The molecule has 1 aliphatic rings. The predicted molar refractivity (Wildman–Crippen MR) is 76.6 cm³/mol. The van der Waals surface area contributed by atoms with Crippen molar-refractivity contribution < 1.29 is 9.84 Å². The number of rotatable bonds is 5. The number of ether oxygens (including phenoxy) is 1. The van der Waals surface area contributed by atoms with Gasteiger partial charge in [-0.2, -0.15) is 0 Å². The molecule has 0 amide bonds. The van der Waals surface area contributed by atoms with Crippen LogP contribution in [0.5, 0.6) is 5.75 Å². The summed E-state index contributed by atoms with van der Waals surface area (Å²) in [5.41, 5.74) is 2.25. The summed E-state index contributed by atoms with van der Waals surface area (Å²) in [4.78, 5) is 4.41. The molecular formula is C15H24N2O2. The number of hydrogen-bond donors (Lipinski definition) is 1. The molecule has 1 aromatic carbocycles. The highest BCUT2D eigenvalue weighted by Crippen LogP contribution is 2.36. The van der Waals surface area contributed by atoms with Gasteiger partial charge in [-0.15, -0.1) is 0 Å². The molecule has 0 heterocycles. The topological polar surface area (TPSA) is 35.9 Å². The smallest absolute Gasteiger partial charge is 0.119 e. The fraction of sp³-hybridized carbons (Fsp3) is 0.600. The zero-order valence-corrected chi connectivity index (χ0v) is 12.3. The summed E-state index contributed by atoms with van der Waals surface area (Å²) in [5.74, 6) is 0.814. The lowest BCUT2D eigenvalue weighted by Gasteiger charge is -2.28. The van der Waals surface area contributed by atoms with Crippen molar-refractivity contribution in [2.24, 2.45) is 0 Å². The lowest BCUT2D eigenvalue weighted by atomic mass is 10.1. The number of aliphatic hydroxyl groups excluding tert-OH is 1. The maximum Gasteiger partial charge on any atom is 0.119 e. The number of likely N-dealkylation sites (N-methyl/N-ethyl adjacent to an activating group) is 2. The molecule has 4 heteroatoms. The van der Waals surface area contributed by atoms with Gasteiger partial charge in [0.15, 0.2) is 0 Å². The van der Waals surface area contributed by atoms with Gasteiger partial charge in [-0.3, -0.25) is 4.90 Å². The van der Waals surface area contributed by atoms with Gasteiger partial charge in [0.25, 0.3) is 0 Å². The summed E-state index contributed by atoms with van der Waals surface area (Å²) in [6.45, 7) is 1.96. The average Bonchev–Trinajstić information content (AvgIpc) is 2.73. The van der Waals surface area contributed by atoms with Crippen molar-refractivity contribution >= 4 is 0 Å². The Bertz CT molecular complexity index is 434. The fourth-order valence-corrected chi connectivity index (χ4v) is 2.63. The molecule has 106 valence electrons.